The highest BCUT2D eigenvalue weighted by atomic mass is 16.2. The Labute approximate surface area is 150 Å². The largest absolute Gasteiger partial charge is 0.325 e. The minimum absolute atomic E-state index is 0.174. The third-order valence-corrected chi connectivity index (χ3v) is 5.38. The molecule has 6 nitrogen and oxygen atoms in total. The Morgan fingerprint density at radius 3 is 2.85 bits per heavy atom. The summed E-state index contributed by atoms with van der Waals surface area (Å²) in [6, 6.07) is 13.3. The normalized spacial score (nSPS) is 22.1. The summed E-state index contributed by atoms with van der Waals surface area (Å²) in [5.74, 6) is -0.174. The SMILES string of the molecule is O=C1N[C@]2(CCCc3ccccc32)C(=O)N1Cc1cn2ccccc2n1. The average molecular weight is 346 g/mol. The summed E-state index contributed by atoms with van der Waals surface area (Å²) in [6.45, 7) is 0.177. The van der Waals surface area contributed by atoms with Crippen molar-refractivity contribution in [3.63, 3.8) is 0 Å². The Kier molecular flexibility index (Phi) is 3.16. The number of rotatable bonds is 2. The highest BCUT2D eigenvalue weighted by Gasteiger charge is 2.53. The van der Waals surface area contributed by atoms with Crippen molar-refractivity contribution in [1.82, 2.24) is 19.6 Å². The third kappa shape index (κ3) is 2.08. The van der Waals surface area contributed by atoms with E-state index in [1.54, 1.807) is 0 Å². The number of nitrogens with zero attached hydrogens (tertiary/aromatic N) is 3. The van der Waals surface area contributed by atoms with Crippen LogP contribution in [0.3, 0.4) is 0 Å². The van der Waals surface area contributed by atoms with Crippen molar-refractivity contribution in [3.05, 3.63) is 71.7 Å². The number of aryl methyl sites for hydroxylation is 1. The van der Waals surface area contributed by atoms with E-state index in [9.17, 15) is 9.59 Å². The van der Waals surface area contributed by atoms with E-state index in [0.29, 0.717) is 12.1 Å². The van der Waals surface area contributed by atoms with E-state index in [2.05, 4.69) is 10.3 Å². The van der Waals surface area contributed by atoms with E-state index < -0.39 is 5.54 Å². The smallest absolute Gasteiger partial charge is 0.319 e. The molecule has 1 saturated heterocycles. The minimum atomic E-state index is -0.926. The first kappa shape index (κ1) is 15.1. The van der Waals surface area contributed by atoms with Crippen LogP contribution < -0.4 is 5.32 Å². The number of aromatic nitrogens is 2. The van der Waals surface area contributed by atoms with E-state index in [4.69, 9.17) is 0 Å². The number of imide groups is 1. The van der Waals surface area contributed by atoms with Crippen LogP contribution >= 0.6 is 0 Å². The molecular weight excluding hydrogens is 328 g/mol. The Hall–Kier alpha value is -3.15. The summed E-state index contributed by atoms with van der Waals surface area (Å²) in [4.78, 5) is 31.7. The molecule has 0 unspecified atom stereocenters. The van der Waals surface area contributed by atoms with Crippen LogP contribution in [0.25, 0.3) is 5.65 Å². The van der Waals surface area contributed by atoms with E-state index in [0.717, 1.165) is 29.6 Å². The van der Waals surface area contributed by atoms with Gasteiger partial charge in [-0.2, -0.15) is 0 Å². The third-order valence-electron chi connectivity index (χ3n) is 5.38. The molecular formula is C20H18N4O2. The highest BCUT2D eigenvalue weighted by molar-refractivity contribution is 6.07. The van der Waals surface area contributed by atoms with E-state index in [1.807, 2.05) is 59.3 Å². The number of benzene rings is 1. The summed E-state index contributed by atoms with van der Waals surface area (Å²) in [5.41, 5.74) is 2.64. The van der Waals surface area contributed by atoms with E-state index in [-0.39, 0.29) is 18.5 Å². The Bertz CT molecular complexity index is 1010. The molecule has 1 spiro atoms. The van der Waals surface area contributed by atoms with Gasteiger partial charge in [0.2, 0.25) is 0 Å². The van der Waals surface area contributed by atoms with Gasteiger partial charge in [-0.15, -0.1) is 0 Å². The molecule has 1 aliphatic carbocycles. The summed E-state index contributed by atoms with van der Waals surface area (Å²) in [5, 5.41) is 2.98. The molecule has 1 aromatic carbocycles. The fraction of sp³-hybridized carbons (Fsp3) is 0.250. The maximum atomic E-state index is 13.3. The molecule has 1 fully saturated rings. The summed E-state index contributed by atoms with van der Waals surface area (Å²) >= 11 is 0. The minimum Gasteiger partial charge on any atom is -0.319 e. The van der Waals surface area contributed by atoms with Gasteiger partial charge in [0, 0.05) is 12.4 Å². The second-order valence-corrected chi connectivity index (χ2v) is 6.94. The molecule has 6 heteroatoms. The van der Waals surface area contributed by atoms with Gasteiger partial charge < -0.3 is 9.72 Å². The number of carbonyl (C=O) groups is 2. The number of pyridine rings is 1. The van der Waals surface area contributed by atoms with Gasteiger partial charge in [0.15, 0.2) is 0 Å². The summed E-state index contributed by atoms with van der Waals surface area (Å²) in [7, 11) is 0. The number of urea groups is 1. The molecule has 0 saturated carbocycles. The topological polar surface area (TPSA) is 66.7 Å². The molecule has 3 aromatic rings. The zero-order chi connectivity index (χ0) is 17.7. The van der Waals surface area contributed by atoms with Crippen molar-refractivity contribution in [1.29, 1.82) is 0 Å². The van der Waals surface area contributed by atoms with Crippen molar-refractivity contribution in [3.8, 4) is 0 Å². The lowest BCUT2D eigenvalue weighted by molar-refractivity contribution is -0.132. The number of hydrogen-bond donors (Lipinski definition) is 1. The van der Waals surface area contributed by atoms with Crippen LogP contribution in [0.1, 0.15) is 29.7 Å². The standard InChI is InChI=1S/C20H18N4O2/c25-18-20(10-5-7-14-6-1-2-8-16(14)20)22-19(26)24(18)13-15-12-23-11-4-3-9-17(23)21-15/h1-4,6,8-9,11-12H,5,7,10,13H2,(H,22,26)/t20-/m0/s1. The first-order chi connectivity index (χ1) is 12.7. The van der Waals surface area contributed by atoms with Crippen molar-refractivity contribution in [2.45, 2.75) is 31.3 Å². The quantitative estimate of drug-likeness (QED) is 0.726. The van der Waals surface area contributed by atoms with Crippen molar-refractivity contribution in [2.24, 2.45) is 0 Å². The van der Waals surface area contributed by atoms with Gasteiger partial charge in [-0.05, 0) is 42.5 Å². The number of carbonyl (C=O) groups excluding carboxylic acids is 2. The van der Waals surface area contributed by atoms with Crippen LogP contribution in [0, 0.1) is 0 Å². The van der Waals surface area contributed by atoms with Crippen LogP contribution in [-0.2, 0) is 23.3 Å². The monoisotopic (exact) mass is 346 g/mol. The maximum absolute atomic E-state index is 13.3. The van der Waals surface area contributed by atoms with Gasteiger partial charge in [-0.3, -0.25) is 9.69 Å². The molecule has 1 atom stereocenters. The van der Waals surface area contributed by atoms with Gasteiger partial charge in [-0.1, -0.05) is 30.3 Å². The first-order valence-corrected chi connectivity index (χ1v) is 8.82. The van der Waals surface area contributed by atoms with Crippen LogP contribution in [0.5, 0.6) is 0 Å². The lowest BCUT2D eigenvalue weighted by Crippen LogP contribution is -2.46. The van der Waals surface area contributed by atoms with Crippen LogP contribution in [0.2, 0.25) is 0 Å². The zero-order valence-electron chi connectivity index (χ0n) is 14.2. The summed E-state index contributed by atoms with van der Waals surface area (Å²) < 4.78 is 1.89. The first-order valence-electron chi connectivity index (χ1n) is 8.82. The van der Waals surface area contributed by atoms with Gasteiger partial charge in [0.25, 0.3) is 5.91 Å². The second kappa shape index (κ2) is 5.42. The second-order valence-electron chi connectivity index (χ2n) is 6.94. The maximum Gasteiger partial charge on any atom is 0.325 e. The van der Waals surface area contributed by atoms with E-state index >= 15 is 0 Å². The fourth-order valence-corrected chi connectivity index (χ4v) is 4.18. The molecule has 1 N–H and O–H groups in total. The molecule has 0 bridgehead atoms. The van der Waals surface area contributed by atoms with Gasteiger partial charge in [-0.25, -0.2) is 9.78 Å². The average Bonchev–Trinajstić information content (AvgIpc) is 3.17. The molecule has 2 aliphatic rings. The molecule has 5 rings (SSSR count). The Morgan fingerprint density at radius 2 is 1.96 bits per heavy atom. The molecule has 0 radical (unpaired) electrons. The summed E-state index contributed by atoms with van der Waals surface area (Å²) in [6.07, 6.45) is 6.21. The van der Waals surface area contributed by atoms with Crippen molar-refractivity contribution in [2.75, 3.05) is 0 Å². The predicted molar refractivity (Wildman–Crippen MR) is 95.3 cm³/mol. The molecule has 2 aromatic heterocycles. The van der Waals surface area contributed by atoms with Gasteiger partial charge >= 0.3 is 6.03 Å². The van der Waals surface area contributed by atoms with Gasteiger partial charge in [0.1, 0.15) is 11.2 Å². The lowest BCUT2D eigenvalue weighted by atomic mass is 9.76. The number of nitrogens with one attached hydrogen (secondary N) is 1. The van der Waals surface area contributed by atoms with Crippen molar-refractivity contribution >= 4 is 17.6 Å². The van der Waals surface area contributed by atoms with Gasteiger partial charge in [0.05, 0.1) is 12.2 Å². The molecule has 3 heterocycles. The zero-order valence-corrected chi connectivity index (χ0v) is 14.2. The number of imidazole rings is 1. The van der Waals surface area contributed by atoms with Crippen LogP contribution in [0.4, 0.5) is 4.79 Å². The predicted octanol–water partition coefficient (Wildman–Crippen LogP) is 2.62. The van der Waals surface area contributed by atoms with Crippen molar-refractivity contribution < 1.29 is 9.59 Å². The number of amides is 3. The van der Waals surface area contributed by atoms with E-state index in [1.165, 1.54) is 4.90 Å². The molecule has 26 heavy (non-hydrogen) atoms. The molecule has 1 aliphatic heterocycles. The highest BCUT2D eigenvalue weighted by Crippen LogP contribution is 2.40. The number of fused-ring (bicyclic) bond motifs is 3. The molecule has 3 amide bonds. The number of hydrogen-bond acceptors (Lipinski definition) is 3. The Morgan fingerprint density at radius 1 is 1.12 bits per heavy atom. The van der Waals surface area contributed by atoms with Crippen LogP contribution in [-0.4, -0.2) is 26.2 Å². The van der Waals surface area contributed by atoms with Crippen LogP contribution in [0.15, 0.2) is 54.9 Å². The lowest BCUT2D eigenvalue weighted by Gasteiger charge is -2.33. The molecule has 130 valence electrons. The Balaban J connectivity index is 1.51. The fourth-order valence-electron chi connectivity index (χ4n) is 4.18.